The molecule has 0 amide bonds. The van der Waals surface area contributed by atoms with E-state index in [9.17, 15) is 5.11 Å². The van der Waals surface area contributed by atoms with E-state index < -0.39 is 0 Å². The molecule has 3 heterocycles. The smallest absolute Gasteiger partial charge is 0.114 e. The highest BCUT2D eigenvalue weighted by molar-refractivity contribution is 5.11. The van der Waals surface area contributed by atoms with Crippen molar-refractivity contribution in [3.05, 3.63) is 17.7 Å². The third-order valence-electron chi connectivity index (χ3n) is 4.35. The van der Waals surface area contributed by atoms with E-state index in [4.69, 9.17) is 4.98 Å². The zero-order chi connectivity index (χ0) is 12.4. The molecule has 2 aliphatic heterocycles. The van der Waals surface area contributed by atoms with Crippen LogP contribution in [0.15, 0.2) is 6.20 Å². The Morgan fingerprint density at radius 3 is 2.94 bits per heavy atom. The number of aliphatic hydroxyl groups is 1. The number of aromatic nitrogens is 2. The van der Waals surface area contributed by atoms with E-state index in [0.717, 1.165) is 44.2 Å². The molecule has 0 bridgehead atoms. The van der Waals surface area contributed by atoms with E-state index in [2.05, 4.69) is 16.1 Å². The lowest BCUT2D eigenvalue weighted by Crippen LogP contribution is -2.28. The lowest BCUT2D eigenvalue weighted by molar-refractivity contribution is 0.238. The van der Waals surface area contributed by atoms with E-state index in [1.807, 2.05) is 0 Å². The molecule has 4 heteroatoms. The molecular weight excluding hydrogens is 226 g/mol. The molecule has 0 radical (unpaired) electrons. The van der Waals surface area contributed by atoms with Gasteiger partial charge in [0.1, 0.15) is 5.82 Å². The summed E-state index contributed by atoms with van der Waals surface area (Å²) in [5.74, 6) is 2.17. The molecule has 2 aliphatic rings. The van der Waals surface area contributed by atoms with Gasteiger partial charge in [-0.2, -0.15) is 0 Å². The molecule has 0 saturated carbocycles. The van der Waals surface area contributed by atoms with Crippen molar-refractivity contribution < 1.29 is 5.11 Å². The molecule has 4 nitrogen and oxygen atoms in total. The molecule has 0 spiro atoms. The molecule has 1 aromatic heterocycles. The van der Waals surface area contributed by atoms with Crippen LogP contribution in [0, 0.1) is 5.92 Å². The Morgan fingerprint density at radius 2 is 2.17 bits per heavy atom. The molecular formula is C14H23N3O. The fraction of sp³-hybridized carbons (Fsp3) is 0.786. The lowest BCUT2D eigenvalue weighted by atomic mass is 9.93. The van der Waals surface area contributed by atoms with Crippen LogP contribution in [0.5, 0.6) is 0 Å². The Bertz CT molecular complexity index is 396. The second-order valence-corrected chi connectivity index (χ2v) is 5.70. The summed E-state index contributed by atoms with van der Waals surface area (Å²) in [4.78, 5) is 4.78. The summed E-state index contributed by atoms with van der Waals surface area (Å²) in [6, 6.07) is 0. The van der Waals surface area contributed by atoms with Gasteiger partial charge in [-0.1, -0.05) is 0 Å². The molecule has 1 unspecified atom stereocenters. The largest absolute Gasteiger partial charge is 0.396 e. The number of fused-ring (bicyclic) bond motifs is 1. The van der Waals surface area contributed by atoms with Crippen LogP contribution in [0.1, 0.15) is 43.1 Å². The molecule has 3 rings (SSSR count). The van der Waals surface area contributed by atoms with Crippen molar-refractivity contribution in [3.63, 3.8) is 0 Å². The number of piperidine rings is 1. The molecule has 100 valence electrons. The second kappa shape index (κ2) is 5.41. The van der Waals surface area contributed by atoms with Crippen molar-refractivity contribution in [2.24, 2.45) is 5.92 Å². The van der Waals surface area contributed by atoms with Gasteiger partial charge in [-0.05, 0) is 51.1 Å². The first kappa shape index (κ1) is 12.2. The van der Waals surface area contributed by atoms with E-state index in [0.29, 0.717) is 0 Å². The summed E-state index contributed by atoms with van der Waals surface area (Å²) in [7, 11) is 0. The molecule has 0 aromatic carbocycles. The number of aliphatic hydroxyl groups excluding tert-OH is 1. The number of hydrogen-bond acceptors (Lipinski definition) is 3. The number of nitrogens with zero attached hydrogens (tertiary/aromatic N) is 2. The third kappa shape index (κ3) is 2.45. The summed E-state index contributed by atoms with van der Waals surface area (Å²) in [6.45, 7) is 3.61. The quantitative estimate of drug-likeness (QED) is 0.849. The minimum Gasteiger partial charge on any atom is -0.396 e. The monoisotopic (exact) mass is 249 g/mol. The van der Waals surface area contributed by atoms with Crippen molar-refractivity contribution in [1.29, 1.82) is 0 Å². The van der Waals surface area contributed by atoms with Crippen LogP contribution in [0.2, 0.25) is 0 Å². The van der Waals surface area contributed by atoms with Gasteiger partial charge in [-0.3, -0.25) is 0 Å². The average molecular weight is 249 g/mol. The zero-order valence-corrected chi connectivity index (χ0v) is 10.9. The van der Waals surface area contributed by atoms with Gasteiger partial charge in [-0.25, -0.2) is 4.98 Å². The van der Waals surface area contributed by atoms with Gasteiger partial charge in [-0.15, -0.1) is 0 Å². The summed E-state index contributed by atoms with van der Waals surface area (Å²) < 4.78 is 2.26. The number of aryl methyl sites for hydroxylation is 1. The highest BCUT2D eigenvalue weighted by Crippen LogP contribution is 2.27. The Morgan fingerprint density at radius 1 is 1.33 bits per heavy atom. The maximum atomic E-state index is 9.41. The van der Waals surface area contributed by atoms with Crippen molar-refractivity contribution in [3.8, 4) is 0 Å². The fourth-order valence-corrected chi connectivity index (χ4v) is 3.28. The summed E-state index contributed by atoms with van der Waals surface area (Å²) >= 11 is 0. The topological polar surface area (TPSA) is 50.1 Å². The molecule has 1 atom stereocenters. The van der Waals surface area contributed by atoms with E-state index >= 15 is 0 Å². The molecule has 1 fully saturated rings. The highest BCUT2D eigenvalue weighted by Gasteiger charge is 2.23. The number of rotatable bonds is 3. The highest BCUT2D eigenvalue weighted by atomic mass is 16.3. The maximum absolute atomic E-state index is 9.41. The lowest BCUT2D eigenvalue weighted by Gasteiger charge is -2.21. The van der Waals surface area contributed by atoms with Crippen molar-refractivity contribution >= 4 is 0 Å². The predicted octanol–water partition coefficient (Wildman–Crippen LogP) is 1.29. The minimum absolute atomic E-state index is 0.240. The van der Waals surface area contributed by atoms with E-state index in [-0.39, 0.29) is 12.5 Å². The SMILES string of the molecule is OCC1CCCn2cc(CC3CCNCC3)nc21. The number of hydrogen-bond donors (Lipinski definition) is 2. The van der Waals surface area contributed by atoms with Crippen LogP contribution in [0.4, 0.5) is 0 Å². The van der Waals surface area contributed by atoms with E-state index in [1.54, 1.807) is 0 Å². The van der Waals surface area contributed by atoms with Gasteiger partial charge in [0.2, 0.25) is 0 Å². The molecule has 0 aliphatic carbocycles. The van der Waals surface area contributed by atoms with Crippen LogP contribution in [0.3, 0.4) is 0 Å². The van der Waals surface area contributed by atoms with Crippen molar-refractivity contribution in [1.82, 2.24) is 14.9 Å². The van der Waals surface area contributed by atoms with Crippen LogP contribution in [-0.4, -0.2) is 34.4 Å². The molecule has 18 heavy (non-hydrogen) atoms. The first-order chi connectivity index (χ1) is 8.86. The number of imidazole rings is 1. The normalized spacial score (nSPS) is 25.1. The average Bonchev–Trinajstić information content (AvgIpc) is 2.82. The van der Waals surface area contributed by atoms with Crippen LogP contribution in [0.25, 0.3) is 0 Å². The fourth-order valence-electron chi connectivity index (χ4n) is 3.28. The standard InChI is InChI=1S/C14H23N3O/c18-10-12-2-1-7-17-9-13(16-14(12)17)8-11-3-5-15-6-4-11/h9,11-12,15,18H,1-8,10H2. The molecule has 2 N–H and O–H groups in total. The Hall–Kier alpha value is -0.870. The van der Waals surface area contributed by atoms with Gasteiger partial charge in [0, 0.05) is 18.7 Å². The number of nitrogens with one attached hydrogen (secondary N) is 1. The van der Waals surface area contributed by atoms with Crippen molar-refractivity contribution in [2.75, 3.05) is 19.7 Å². The van der Waals surface area contributed by atoms with Gasteiger partial charge in [0.05, 0.1) is 12.3 Å². The summed E-state index contributed by atoms with van der Waals surface area (Å²) in [5, 5.41) is 12.8. The van der Waals surface area contributed by atoms with Crippen LogP contribution < -0.4 is 5.32 Å². The Labute approximate surface area is 108 Å². The van der Waals surface area contributed by atoms with Gasteiger partial charge >= 0.3 is 0 Å². The maximum Gasteiger partial charge on any atom is 0.114 e. The Balaban J connectivity index is 1.71. The second-order valence-electron chi connectivity index (χ2n) is 5.70. The van der Waals surface area contributed by atoms with Gasteiger partial charge in [0.15, 0.2) is 0 Å². The Kier molecular flexibility index (Phi) is 3.66. The van der Waals surface area contributed by atoms with Gasteiger partial charge < -0.3 is 15.0 Å². The van der Waals surface area contributed by atoms with Crippen LogP contribution in [-0.2, 0) is 13.0 Å². The summed E-state index contributed by atoms with van der Waals surface area (Å²) in [5.41, 5.74) is 1.23. The van der Waals surface area contributed by atoms with Crippen LogP contribution >= 0.6 is 0 Å². The predicted molar refractivity (Wildman–Crippen MR) is 70.6 cm³/mol. The minimum atomic E-state index is 0.240. The first-order valence-corrected chi connectivity index (χ1v) is 7.24. The first-order valence-electron chi connectivity index (χ1n) is 7.24. The third-order valence-corrected chi connectivity index (χ3v) is 4.35. The molecule has 1 saturated heterocycles. The summed E-state index contributed by atoms with van der Waals surface area (Å²) in [6.07, 6.45) is 8.12. The molecule has 1 aromatic rings. The van der Waals surface area contributed by atoms with E-state index in [1.165, 1.54) is 25.0 Å². The van der Waals surface area contributed by atoms with Gasteiger partial charge in [0.25, 0.3) is 0 Å². The zero-order valence-electron chi connectivity index (χ0n) is 10.9. The van der Waals surface area contributed by atoms with Crippen molar-refractivity contribution in [2.45, 2.75) is 44.6 Å².